The van der Waals surface area contributed by atoms with Gasteiger partial charge in [0.15, 0.2) is 12.6 Å². The molecule has 0 unspecified atom stereocenters. The lowest BCUT2D eigenvalue weighted by Gasteiger charge is -2.38. The second-order valence-electron chi connectivity index (χ2n) is 7.35. The van der Waals surface area contributed by atoms with Crippen molar-refractivity contribution < 1.29 is 23.8 Å². The lowest BCUT2D eigenvalue weighted by atomic mass is 9.71. The predicted molar refractivity (Wildman–Crippen MR) is 105 cm³/mol. The van der Waals surface area contributed by atoms with E-state index in [1.165, 1.54) is 0 Å². The Bertz CT molecular complexity index is 815. The summed E-state index contributed by atoms with van der Waals surface area (Å²) in [4.78, 5) is 24.5. The maximum Gasteiger partial charge on any atom is 0.254 e. The highest BCUT2D eigenvalue weighted by Crippen LogP contribution is 2.46. The van der Waals surface area contributed by atoms with Crippen molar-refractivity contribution in [3.05, 3.63) is 53.8 Å². The number of fused-ring (bicyclic) bond motifs is 1. The normalized spacial score (nSPS) is 24.6. The summed E-state index contributed by atoms with van der Waals surface area (Å²) < 4.78 is 17.0. The van der Waals surface area contributed by atoms with E-state index in [9.17, 15) is 9.59 Å². The minimum atomic E-state index is -0.630. The van der Waals surface area contributed by atoms with Crippen molar-refractivity contribution in [2.24, 2.45) is 11.8 Å². The number of ketones is 1. The SMILES string of the molecule is C=CC[C@H]1C[C@]2([C@@H](C)Cc3ccc(OC)c(C(=O)NC)c3)OCOC2=CC1=O. The number of ether oxygens (including phenoxy) is 3. The number of hydrogen-bond donors (Lipinski definition) is 1. The van der Waals surface area contributed by atoms with Crippen LogP contribution >= 0.6 is 0 Å². The number of amides is 1. The molecule has 3 rings (SSSR count). The molecule has 1 aromatic rings. The molecule has 1 fully saturated rings. The Hall–Kier alpha value is -2.60. The van der Waals surface area contributed by atoms with Crippen LogP contribution in [-0.4, -0.2) is 38.2 Å². The molecule has 1 amide bonds. The van der Waals surface area contributed by atoms with Crippen LogP contribution in [0.15, 0.2) is 42.7 Å². The Morgan fingerprint density at radius 1 is 1.50 bits per heavy atom. The lowest BCUT2D eigenvalue weighted by molar-refractivity contribution is -0.123. The van der Waals surface area contributed by atoms with E-state index in [1.54, 1.807) is 32.4 Å². The van der Waals surface area contributed by atoms with E-state index in [0.717, 1.165) is 5.56 Å². The number of rotatable bonds is 7. The summed E-state index contributed by atoms with van der Waals surface area (Å²) in [5.41, 5.74) is 0.859. The molecule has 1 aliphatic carbocycles. The van der Waals surface area contributed by atoms with Gasteiger partial charge in [-0.1, -0.05) is 19.1 Å². The van der Waals surface area contributed by atoms with Gasteiger partial charge >= 0.3 is 0 Å². The molecule has 1 saturated heterocycles. The lowest BCUT2D eigenvalue weighted by Crippen LogP contribution is -2.44. The number of carbonyl (C=O) groups is 2. The fourth-order valence-corrected chi connectivity index (χ4v) is 4.13. The molecule has 1 N–H and O–H groups in total. The minimum absolute atomic E-state index is 0.0487. The van der Waals surface area contributed by atoms with Gasteiger partial charge in [0.05, 0.1) is 12.7 Å². The minimum Gasteiger partial charge on any atom is -0.496 e. The third-order valence-electron chi connectivity index (χ3n) is 5.70. The van der Waals surface area contributed by atoms with Gasteiger partial charge in [-0.25, -0.2) is 0 Å². The van der Waals surface area contributed by atoms with Crippen LogP contribution in [0, 0.1) is 11.8 Å². The van der Waals surface area contributed by atoms with E-state index < -0.39 is 5.60 Å². The highest BCUT2D eigenvalue weighted by molar-refractivity contribution is 5.97. The summed E-state index contributed by atoms with van der Waals surface area (Å²) in [6.45, 7) is 6.01. The molecule has 0 bridgehead atoms. The quantitative estimate of drug-likeness (QED) is 0.731. The van der Waals surface area contributed by atoms with Gasteiger partial charge in [0.1, 0.15) is 17.1 Å². The predicted octanol–water partition coefficient (Wildman–Crippen LogP) is 3.03. The van der Waals surface area contributed by atoms with Crippen LogP contribution in [-0.2, 0) is 20.7 Å². The molecule has 6 heteroatoms. The van der Waals surface area contributed by atoms with Gasteiger partial charge in [0.2, 0.25) is 0 Å². The maximum absolute atomic E-state index is 12.4. The zero-order valence-electron chi connectivity index (χ0n) is 16.6. The first-order valence-electron chi connectivity index (χ1n) is 9.47. The van der Waals surface area contributed by atoms with Gasteiger partial charge in [-0.3, -0.25) is 9.59 Å². The first kappa shape index (κ1) is 20.1. The van der Waals surface area contributed by atoms with Crippen LogP contribution in [0.3, 0.4) is 0 Å². The molecule has 1 aromatic carbocycles. The average Bonchev–Trinajstić information content (AvgIpc) is 3.11. The molecule has 0 radical (unpaired) electrons. The third-order valence-corrected chi connectivity index (χ3v) is 5.70. The number of methoxy groups -OCH3 is 1. The van der Waals surface area contributed by atoms with E-state index in [1.807, 2.05) is 12.1 Å². The summed E-state index contributed by atoms with van der Waals surface area (Å²) in [5, 5.41) is 2.64. The Morgan fingerprint density at radius 3 is 2.96 bits per heavy atom. The maximum atomic E-state index is 12.4. The van der Waals surface area contributed by atoms with E-state index in [2.05, 4.69) is 18.8 Å². The van der Waals surface area contributed by atoms with E-state index in [0.29, 0.717) is 36.3 Å². The topological polar surface area (TPSA) is 73.9 Å². The number of allylic oxidation sites excluding steroid dienone is 2. The van der Waals surface area contributed by atoms with Crippen LogP contribution < -0.4 is 10.1 Å². The highest BCUT2D eigenvalue weighted by Gasteiger charge is 2.51. The van der Waals surface area contributed by atoms with Crippen LogP contribution in [0.4, 0.5) is 0 Å². The third kappa shape index (κ3) is 3.56. The molecule has 1 heterocycles. The molecule has 0 saturated carbocycles. The van der Waals surface area contributed by atoms with Gasteiger partial charge in [0, 0.05) is 19.0 Å². The summed E-state index contributed by atoms with van der Waals surface area (Å²) in [6.07, 6.45) is 5.22. The molecular weight excluding hydrogens is 358 g/mol. The fraction of sp³-hybridized carbons (Fsp3) is 0.455. The van der Waals surface area contributed by atoms with Crippen LogP contribution in [0.5, 0.6) is 5.75 Å². The average molecular weight is 385 g/mol. The molecule has 0 spiro atoms. The number of hydrogen-bond acceptors (Lipinski definition) is 5. The first-order chi connectivity index (χ1) is 13.4. The number of carbonyl (C=O) groups excluding carboxylic acids is 2. The zero-order valence-corrected chi connectivity index (χ0v) is 16.6. The largest absolute Gasteiger partial charge is 0.496 e. The standard InChI is InChI=1S/C22H27NO5/c1-5-6-16-12-22(20(11-18(16)24)27-13-28-22)14(2)9-15-7-8-19(26-4)17(10-15)21(25)23-3/h5,7-8,10-11,14,16H,1,6,9,12-13H2,2-4H3,(H,23,25)/t14-,16-,22+/m0/s1. The molecule has 0 aromatic heterocycles. The van der Waals surface area contributed by atoms with Gasteiger partial charge in [-0.05, 0) is 42.9 Å². The first-order valence-corrected chi connectivity index (χ1v) is 9.47. The van der Waals surface area contributed by atoms with E-state index in [4.69, 9.17) is 14.2 Å². The summed E-state index contributed by atoms with van der Waals surface area (Å²) in [6, 6.07) is 5.60. The van der Waals surface area contributed by atoms with Crippen LogP contribution in [0.25, 0.3) is 0 Å². The van der Waals surface area contributed by atoms with Crippen molar-refractivity contribution in [1.82, 2.24) is 5.32 Å². The molecule has 6 nitrogen and oxygen atoms in total. The van der Waals surface area contributed by atoms with Gasteiger partial charge in [-0.15, -0.1) is 6.58 Å². The van der Waals surface area contributed by atoms with Crippen molar-refractivity contribution in [2.75, 3.05) is 21.0 Å². The summed E-state index contributed by atoms with van der Waals surface area (Å²) in [5.74, 6) is 0.916. The van der Waals surface area contributed by atoms with Crippen molar-refractivity contribution in [3.63, 3.8) is 0 Å². The zero-order chi connectivity index (χ0) is 20.3. The van der Waals surface area contributed by atoms with Gasteiger partial charge in [-0.2, -0.15) is 0 Å². The summed E-state index contributed by atoms with van der Waals surface area (Å²) >= 11 is 0. The Kier molecular flexibility index (Phi) is 5.89. The number of benzene rings is 1. The molecule has 1 aliphatic heterocycles. The van der Waals surface area contributed by atoms with Crippen LogP contribution in [0.2, 0.25) is 0 Å². The second kappa shape index (κ2) is 8.19. The Labute approximate surface area is 165 Å². The second-order valence-corrected chi connectivity index (χ2v) is 7.35. The molecule has 3 atom stereocenters. The van der Waals surface area contributed by atoms with Crippen LogP contribution in [0.1, 0.15) is 35.7 Å². The van der Waals surface area contributed by atoms with E-state index >= 15 is 0 Å². The van der Waals surface area contributed by atoms with Crippen molar-refractivity contribution in [2.45, 2.75) is 31.8 Å². The van der Waals surface area contributed by atoms with Crippen molar-refractivity contribution in [1.29, 1.82) is 0 Å². The molecule has 28 heavy (non-hydrogen) atoms. The fourth-order valence-electron chi connectivity index (χ4n) is 4.13. The summed E-state index contributed by atoms with van der Waals surface area (Å²) in [7, 11) is 3.14. The van der Waals surface area contributed by atoms with Gasteiger partial charge < -0.3 is 19.5 Å². The molecule has 2 aliphatic rings. The van der Waals surface area contributed by atoms with E-state index in [-0.39, 0.29) is 30.3 Å². The number of nitrogens with one attached hydrogen (secondary N) is 1. The highest BCUT2D eigenvalue weighted by atomic mass is 16.7. The Balaban J connectivity index is 1.88. The smallest absolute Gasteiger partial charge is 0.254 e. The van der Waals surface area contributed by atoms with Crippen molar-refractivity contribution >= 4 is 11.7 Å². The molecule has 150 valence electrons. The Morgan fingerprint density at radius 2 is 2.29 bits per heavy atom. The molecular formula is C22H27NO5. The monoisotopic (exact) mass is 385 g/mol. The van der Waals surface area contributed by atoms with Gasteiger partial charge in [0.25, 0.3) is 5.91 Å². The van der Waals surface area contributed by atoms with Crippen molar-refractivity contribution in [3.8, 4) is 5.75 Å².